The third kappa shape index (κ3) is 3.24. The zero-order chi connectivity index (χ0) is 14.5. The minimum atomic E-state index is -0.454. The summed E-state index contributed by atoms with van der Waals surface area (Å²) in [7, 11) is 0. The summed E-state index contributed by atoms with van der Waals surface area (Å²) in [5, 5.41) is 0.168. The third-order valence-corrected chi connectivity index (χ3v) is 4.01. The maximum Gasteiger partial charge on any atom is 0.184 e. The van der Waals surface area contributed by atoms with E-state index in [9.17, 15) is 4.39 Å². The molecule has 0 saturated heterocycles. The highest BCUT2D eigenvalue weighted by molar-refractivity contribution is 6.32. The van der Waals surface area contributed by atoms with Crippen molar-refractivity contribution in [2.24, 2.45) is 5.92 Å². The Hall–Kier alpha value is -1.28. The lowest BCUT2D eigenvalue weighted by molar-refractivity contribution is 0.301. The number of hydrogen-bond acceptors (Lipinski definition) is 1. The van der Waals surface area contributed by atoms with Crippen molar-refractivity contribution in [3.63, 3.8) is 0 Å². The van der Waals surface area contributed by atoms with Crippen LogP contribution in [0.25, 0.3) is 5.57 Å². The molecule has 0 spiro atoms. The molecule has 1 aromatic rings. The predicted octanol–water partition coefficient (Wildman–Crippen LogP) is 5.64. The number of allylic oxidation sites excluding steroid dienone is 3. The van der Waals surface area contributed by atoms with Crippen LogP contribution in [0.3, 0.4) is 0 Å². The van der Waals surface area contributed by atoms with Gasteiger partial charge in [0.25, 0.3) is 0 Å². The van der Waals surface area contributed by atoms with E-state index in [2.05, 4.69) is 12.7 Å². The van der Waals surface area contributed by atoms with E-state index in [1.165, 1.54) is 0 Å². The molecule has 0 aromatic heterocycles. The average Bonchev–Trinajstić information content (AvgIpc) is 2.49. The second-order valence-corrected chi connectivity index (χ2v) is 5.47. The standard InChI is InChI=1S/C17H20ClFO/c1-3-11-20-15-10-9-14(16(18)17(15)19)13-7-5-12(4-2)6-8-13/h4,7,9-10,12H,2-3,5-6,8,11H2,1H3. The topological polar surface area (TPSA) is 9.23 Å². The molecule has 0 N–H and O–H groups in total. The molecule has 0 fully saturated rings. The van der Waals surface area contributed by atoms with Gasteiger partial charge in [-0.1, -0.05) is 30.7 Å². The van der Waals surface area contributed by atoms with Crippen molar-refractivity contribution < 1.29 is 9.13 Å². The minimum Gasteiger partial charge on any atom is -0.490 e. The molecule has 0 amide bonds. The summed E-state index contributed by atoms with van der Waals surface area (Å²) >= 11 is 6.16. The Kier molecular flexibility index (Phi) is 5.24. The molecule has 108 valence electrons. The highest BCUT2D eigenvalue weighted by atomic mass is 35.5. The molecule has 2 rings (SSSR count). The Bertz CT molecular complexity index is 522. The van der Waals surface area contributed by atoms with Gasteiger partial charge in [-0.05, 0) is 54.9 Å². The number of benzene rings is 1. The van der Waals surface area contributed by atoms with Gasteiger partial charge >= 0.3 is 0 Å². The molecule has 0 heterocycles. The zero-order valence-corrected chi connectivity index (χ0v) is 12.5. The molecule has 0 aliphatic heterocycles. The van der Waals surface area contributed by atoms with Crippen LogP contribution in [-0.2, 0) is 0 Å². The normalized spacial score (nSPS) is 18.6. The maximum atomic E-state index is 14.2. The Morgan fingerprint density at radius 1 is 1.50 bits per heavy atom. The quantitative estimate of drug-likeness (QED) is 0.639. The lowest BCUT2D eigenvalue weighted by atomic mass is 9.86. The first-order chi connectivity index (χ1) is 9.67. The molecule has 1 aliphatic rings. The van der Waals surface area contributed by atoms with E-state index in [-0.39, 0.29) is 10.8 Å². The Morgan fingerprint density at radius 3 is 2.90 bits per heavy atom. The molecule has 1 unspecified atom stereocenters. The van der Waals surface area contributed by atoms with Gasteiger partial charge in [0, 0.05) is 0 Å². The Labute approximate surface area is 125 Å². The Balaban J connectivity index is 2.23. The molecule has 0 saturated carbocycles. The molecule has 1 aliphatic carbocycles. The molecule has 0 bridgehead atoms. The van der Waals surface area contributed by atoms with Crippen molar-refractivity contribution in [3.8, 4) is 5.75 Å². The second kappa shape index (κ2) is 6.94. The number of rotatable bonds is 5. The van der Waals surface area contributed by atoms with Crippen LogP contribution in [0.1, 0.15) is 38.2 Å². The molecular formula is C17H20ClFO. The van der Waals surface area contributed by atoms with Crippen molar-refractivity contribution in [1.29, 1.82) is 0 Å². The Morgan fingerprint density at radius 2 is 2.30 bits per heavy atom. The summed E-state index contributed by atoms with van der Waals surface area (Å²) in [5.41, 5.74) is 1.91. The van der Waals surface area contributed by atoms with Crippen LogP contribution >= 0.6 is 11.6 Å². The largest absolute Gasteiger partial charge is 0.490 e. The van der Waals surface area contributed by atoms with E-state index < -0.39 is 5.82 Å². The number of halogens is 2. The highest BCUT2D eigenvalue weighted by Crippen LogP contribution is 2.37. The summed E-state index contributed by atoms with van der Waals surface area (Å²) in [6.45, 7) is 6.30. The summed E-state index contributed by atoms with van der Waals surface area (Å²) < 4.78 is 19.5. The van der Waals surface area contributed by atoms with Crippen LogP contribution in [0.15, 0.2) is 30.9 Å². The van der Waals surface area contributed by atoms with Gasteiger partial charge in [-0.3, -0.25) is 0 Å². The third-order valence-electron chi connectivity index (χ3n) is 3.64. The van der Waals surface area contributed by atoms with Gasteiger partial charge in [0.2, 0.25) is 0 Å². The van der Waals surface area contributed by atoms with E-state index >= 15 is 0 Å². The van der Waals surface area contributed by atoms with E-state index in [4.69, 9.17) is 16.3 Å². The summed E-state index contributed by atoms with van der Waals surface area (Å²) in [6.07, 6.45) is 7.87. The number of ether oxygens (including phenoxy) is 1. The van der Waals surface area contributed by atoms with E-state index in [0.717, 1.165) is 36.8 Å². The first kappa shape index (κ1) is 15.1. The first-order valence-electron chi connectivity index (χ1n) is 7.10. The highest BCUT2D eigenvalue weighted by Gasteiger charge is 2.18. The number of hydrogen-bond donors (Lipinski definition) is 0. The molecule has 1 atom stereocenters. The van der Waals surface area contributed by atoms with Crippen LogP contribution in [0.4, 0.5) is 4.39 Å². The van der Waals surface area contributed by atoms with E-state index in [1.807, 2.05) is 19.1 Å². The van der Waals surface area contributed by atoms with Crippen molar-refractivity contribution >= 4 is 17.2 Å². The monoisotopic (exact) mass is 294 g/mol. The van der Waals surface area contributed by atoms with Gasteiger partial charge in [-0.25, -0.2) is 4.39 Å². The summed E-state index contributed by atoms with van der Waals surface area (Å²) in [5.74, 6) is 0.305. The molecule has 20 heavy (non-hydrogen) atoms. The van der Waals surface area contributed by atoms with Crippen LogP contribution in [0.2, 0.25) is 5.02 Å². The van der Waals surface area contributed by atoms with E-state index in [0.29, 0.717) is 12.5 Å². The van der Waals surface area contributed by atoms with Crippen molar-refractivity contribution in [2.45, 2.75) is 32.6 Å². The van der Waals surface area contributed by atoms with Crippen molar-refractivity contribution in [3.05, 3.63) is 47.3 Å². The van der Waals surface area contributed by atoms with Crippen LogP contribution in [0.5, 0.6) is 5.75 Å². The van der Waals surface area contributed by atoms with Crippen LogP contribution in [0, 0.1) is 11.7 Å². The van der Waals surface area contributed by atoms with Crippen molar-refractivity contribution in [2.75, 3.05) is 6.61 Å². The first-order valence-corrected chi connectivity index (χ1v) is 7.48. The predicted molar refractivity (Wildman–Crippen MR) is 82.7 cm³/mol. The van der Waals surface area contributed by atoms with E-state index in [1.54, 1.807) is 6.07 Å². The smallest absolute Gasteiger partial charge is 0.184 e. The molecule has 0 radical (unpaired) electrons. The lowest BCUT2D eigenvalue weighted by Gasteiger charge is -2.20. The summed E-state index contributed by atoms with van der Waals surface area (Å²) in [4.78, 5) is 0. The molecule has 3 heteroatoms. The zero-order valence-electron chi connectivity index (χ0n) is 11.8. The molecule has 1 aromatic carbocycles. The SMILES string of the molecule is C=CC1CC=C(c2ccc(OCCC)c(F)c2Cl)CC1. The molecular weight excluding hydrogens is 275 g/mol. The second-order valence-electron chi connectivity index (χ2n) is 5.09. The minimum absolute atomic E-state index is 0.168. The van der Waals surface area contributed by atoms with Gasteiger partial charge in [0.15, 0.2) is 11.6 Å². The molecule has 1 nitrogen and oxygen atoms in total. The lowest BCUT2D eigenvalue weighted by Crippen LogP contribution is -2.04. The fourth-order valence-electron chi connectivity index (χ4n) is 2.42. The fraction of sp³-hybridized carbons (Fsp3) is 0.412. The van der Waals surface area contributed by atoms with Gasteiger partial charge in [-0.15, -0.1) is 6.58 Å². The van der Waals surface area contributed by atoms with Gasteiger partial charge < -0.3 is 4.74 Å². The summed E-state index contributed by atoms with van der Waals surface area (Å²) in [6, 6.07) is 3.53. The van der Waals surface area contributed by atoms with Gasteiger partial charge in [0.05, 0.1) is 11.6 Å². The van der Waals surface area contributed by atoms with Crippen LogP contribution < -0.4 is 4.74 Å². The fourth-order valence-corrected chi connectivity index (χ4v) is 2.69. The van der Waals surface area contributed by atoms with Crippen molar-refractivity contribution in [1.82, 2.24) is 0 Å². The van der Waals surface area contributed by atoms with Gasteiger partial charge in [0.1, 0.15) is 0 Å². The van der Waals surface area contributed by atoms with Crippen LogP contribution in [-0.4, -0.2) is 6.61 Å². The van der Waals surface area contributed by atoms with Gasteiger partial charge in [-0.2, -0.15) is 0 Å². The maximum absolute atomic E-state index is 14.2. The average molecular weight is 295 g/mol.